The molecule has 0 saturated heterocycles. The number of hydrogen-bond donors (Lipinski definition) is 1. The SMILES string of the molecule is C=C(N)N=CC(=C)OCCCc1ccc2c(c1)OCC2. The van der Waals surface area contributed by atoms with Gasteiger partial charge in [0, 0.05) is 6.42 Å². The van der Waals surface area contributed by atoms with E-state index in [4.69, 9.17) is 15.2 Å². The minimum absolute atomic E-state index is 0.243. The van der Waals surface area contributed by atoms with Crippen molar-refractivity contribution in [3.05, 3.63) is 54.1 Å². The van der Waals surface area contributed by atoms with Crippen LogP contribution in [0.1, 0.15) is 17.5 Å². The summed E-state index contributed by atoms with van der Waals surface area (Å²) in [5.74, 6) is 1.77. The maximum Gasteiger partial charge on any atom is 0.130 e. The molecule has 0 fully saturated rings. The molecule has 0 aliphatic carbocycles. The molecule has 0 aromatic heterocycles. The van der Waals surface area contributed by atoms with Gasteiger partial charge in [0.1, 0.15) is 17.3 Å². The Kier molecular flexibility index (Phi) is 4.82. The third-order valence-electron chi connectivity index (χ3n) is 3.03. The fourth-order valence-electron chi connectivity index (χ4n) is 2.04. The van der Waals surface area contributed by atoms with Gasteiger partial charge in [0.25, 0.3) is 0 Å². The van der Waals surface area contributed by atoms with E-state index >= 15 is 0 Å². The number of ether oxygens (including phenoxy) is 2. The van der Waals surface area contributed by atoms with Gasteiger partial charge in [0.2, 0.25) is 0 Å². The van der Waals surface area contributed by atoms with Gasteiger partial charge in [0.15, 0.2) is 0 Å². The first kappa shape index (κ1) is 14.2. The molecule has 20 heavy (non-hydrogen) atoms. The lowest BCUT2D eigenvalue weighted by Crippen LogP contribution is -1.99. The molecule has 1 aliphatic heterocycles. The van der Waals surface area contributed by atoms with Crippen LogP contribution in [0.25, 0.3) is 0 Å². The summed E-state index contributed by atoms with van der Waals surface area (Å²) in [6.07, 6.45) is 4.36. The van der Waals surface area contributed by atoms with Gasteiger partial charge in [-0.25, -0.2) is 4.99 Å². The number of fused-ring (bicyclic) bond motifs is 1. The van der Waals surface area contributed by atoms with Gasteiger partial charge < -0.3 is 15.2 Å². The number of rotatable bonds is 7. The van der Waals surface area contributed by atoms with E-state index < -0.39 is 0 Å². The van der Waals surface area contributed by atoms with E-state index in [1.165, 1.54) is 17.3 Å². The molecule has 0 spiro atoms. The number of allylic oxidation sites excluding steroid dienone is 1. The largest absolute Gasteiger partial charge is 0.493 e. The molecule has 1 aliphatic rings. The van der Waals surface area contributed by atoms with Gasteiger partial charge in [-0.05, 0) is 30.0 Å². The molecule has 106 valence electrons. The second kappa shape index (κ2) is 6.80. The van der Waals surface area contributed by atoms with Crippen LogP contribution in [-0.4, -0.2) is 19.4 Å². The highest BCUT2D eigenvalue weighted by Crippen LogP contribution is 2.26. The maximum absolute atomic E-state index is 5.56. The van der Waals surface area contributed by atoms with Gasteiger partial charge in [-0.3, -0.25) is 0 Å². The zero-order valence-electron chi connectivity index (χ0n) is 11.6. The third kappa shape index (κ3) is 4.16. The first-order valence-corrected chi connectivity index (χ1v) is 6.70. The van der Waals surface area contributed by atoms with E-state index in [2.05, 4.69) is 36.3 Å². The molecule has 4 heteroatoms. The summed E-state index contributed by atoms with van der Waals surface area (Å²) < 4.78 is 11.0. The standard InChI is InChI=1S/C16H20N2O2/c1-12(11-18-13(2)17)19-8-3-4-14-5-6-15-7-9-20-16(15)10-14/h5-6,10-11H,1-4,7-9,17H2. The monoisotopic (exact) mass is 272 g/mol. The van der Waals surface area contributed by atoms with Crippen molar-refractivity contribution in [1.82, 2.24) is 0 Å². The first-order valence-electron chi connectivity index (χ1n) is 6.70. The van der Waals surface area contributed by atoms with Crippen molar-refractivity contribution in [2.75, 3.05) is 13.2 Å². The lowest BCUT2D eigenvalue weighted by Gasteiger charge is -2.06. The fourth-order valence-corrected chi connectivity index (χ4v) is 2.04. The molecular formula is C16H20N2O2. The first-order chi connectivity index (χ1) is 9.65. The Balaban J connectivity index is 1.71. The molecule has 2 rings (SSSR count). The zero-order valence-corrected chi connectivity index (χ0v) is 11.6. The number of nitrogens with zero attached hydrogens (tertiary/aromatic N) is 1. The predicted molar refractivity (Wildman–Crippen MR) is 80.9 cm³/mol. The topological polar surface area (TPSA) is 56.8 Å². The molecule has 0 radical (unpaired) electrons. The quantitative estimate of drug-likeness (QED) is 0.471. The molecule has 0 bridgehead atoms. The molecule has 0 amide bonds. The van der Waals surface area contributed by atoms with Gasteiger partial charge in [-0.1, -0.05) is 25.3 Å². The van der Waals surface area contributed by atoms with Crippen molar-refractivity contribution in [1.29, 1.82) is 0 Å². The highest BCUT2D eigenvalue weighted by Gasteiger charge is 2.11. The Hall–Kier alpha value is -2.23. The average Bonchev–Trinajstić information content (AvgIpc) is 2.88. The van der Waals surface area contributed by atoms with Crippen molar-refractivity contribution in [3.8, 4) is 5.75 Å². The van der Waals surface area contributed by atoms with Crippen LogP contribution >= 0.6 is 0 Å². The molecule has 0 saturated carbocycles. The Morgan fingerprint density at radius 2 is 2.30 bits per heavy atom. The van der Waals surface area contributed by atoms with Crippen LogP contribution in [0.15, 0.2) is 47.9 Å². The number of benzene rings is 1. The Bertz CT molecular complexity index is 535. The van der Waals surface area contributed by atoms with Crippen LogP contribution in [0.4, 0.5) is 0 Å². The Labute approximate surface area is 119 Å². The van der Waals surface area contributed by atoms with Crippen LogP contribution in [-0.2, 0) is 17.6 Å². The van der Waals surface area contributed by atoms with E-state index in [0.29, 0.717) is 12.4 Å². The van der Waals surface area contributed by atoms with Gasteiger partial charge in [-0.2, -0.15) is 0 Å². The van der Waals surface area contributed by atoms with Crippen LogP contribution in [0, 0.1) is 0 Å². The van der Waals surface area contributed by atoms with Crippen LogP contribution in [0.2, 0.25) is 0 Å². The van der Waals surface area contributed by atoms with Gasteiger partial charge >= 0.3 is 0 Å². The fraction of sp³-hybridized carbons (Fsp3) is 0.312. The summed E-state index contributed by atoms with van der Waals surface area (Å²) >= 11 is 0. The molecule has 2 N–H and O–H groups in total. The Morgan fingerprint density at radius 1 is 1.45 bits per heavy atom. The second-order valence-corrected chi connectivity index (χ2v) is 4.71. The van der Waals surface area contributed by atoms with Crippen molar-refractivity contribution in [3.63, 3.8) is 0 Å². The number of hydrogen-bond acceptors (Lipinski definition) is 4. The highest BCUT2D eigenvalue weighted by atomic mass is 16.5. The normalized spacial score (nSPS) is 13.0. The molecule has 0 unspecified atom stereocenters. The van der Waals surface area contributed by atoms with E-state index in [1.807, 2.05) is 0 Å². The van der Waals surface area contributed by atoms with Crippen molar-refractivity contribution in [2.45, 2.75) is 19.3 Å². The molecule has 1 heterocycles. The smallest absolute Gasteiger partial charge is 0.130 e. The lowest BCUT2D eigenvalue weighted by atomic mass is 10.1. The number of aryl methyl sites for hydroxylation is 1. The molecule has 4 nitrogen and oxygen atoms in total. The maximum atomic E-state index is 5.56. The van der Waals surface area contributed by atoms with E-state index in [1.54, 1.807) is 0 Å². The van der Waals surface area contributed by atoms with Gasteiger partial charge in [-0.15, -0.1) is 0 Å². The number of aliphatic imine (C=N–C) groups is 1. The van der Waals surface area contributed by atoms with Gasteiger partial charge in [0.05, 0.1) is 19.4 Å². The van der Waals surface area contributed by atoms with Crippen LogP contribution in [0.5, 0.6) is 5.75 Å². The summed E-state index contributed by atoms with van der Waals surface area (Å²) in [6.45, 7) is 8.59. The minimum atomic E-state index is 0.243. The second-order valence-electron chi connectivity index (χ2n) is 4.71. The predicted octanol–water partition coefficient (Wildman–Crippen LogP) is 2.59. The van der Waals surface area contributed by atoms with Crippen molar-refractivity contribution >= 4 is 6.21 Å². The summed E-state index contributed by atoms with van der Waals surface area (Å²) in [5.41, 5.74) is 7.89. The van der Waals surface area contributed by atoms with Crippen LogP contribution < -0.4 is 10.5 Å². The van der Waals surface area contributed by atoms with E-state index in [9.17, 15) is 0 Å². The van der Waals surface area contributed by atoms with Crippen LogP contribution in [0.3, 0.4) is 0 Å². The Morgan fingerprint density at radius 3 is 3.10 bits per heavy atom. The molecule has 1 aromatic carbocycles. The lowest BCUT2D eigenvalue weighted by molar-refractivity contribution is 0.230. The summed E-state index contributed by atoms with van der Waals surface area (Å²) in [5, 5.41) is 0. The number of nitrogens with two attached hydrogens (primary N) is 1. The zero-order chi connectivity index (χ0) is 14.4. The van der Waals surface area contributed by atoms with E-state index in [0.717, 1.165) is 31.6 Å². The summed E-state index contributed by atoms with van der Waals surface area (Å²) in [4.78, 5) is 3.82. The summed E-state index contributed by atoms with van der Waals surface area (Å²) in [7, 11) is 0. The molecule has 1 aromatic rings. The van der Waals surface area contributed by atoms with Crippen molar-refractivity contribution in [2.24, 2.45) is 10.7 Å². The highest BCUT2D eigenvalue weighted by molar-refractivity contribution is 5.75. The van der Waals surface area contributed by atoms with Crippen molar-refractivity contribution < 1.29 is 9.47 Å². The molecule has 0 atom stereocenters. The molecular weight excluding hydrogens is 252 g/mol. The average molecular weight is 272 g/mol. The minimum Gasteiger partial charge on any atom is -0.493 e. The summed E-state index contributed by atoms with van der Waals surface area (Å²) in [6, 6.07) is 6.43. The van der Waals surface area contributed by atoms with E-state index in [-0.39, 0.29) is 5.82 Å². The third-order valence-corrected chi connectivity index (χ3v) is 3.03.